The Morgan fingerprint density at radius 3 is 2.33 bits per heavy atom. The lowest BCUT2D eigenvalue weighted by molar-refractivity contribution is 0.0375. The number of halogens is 1. The lowest BCUT2D eigenvalue weighted by Gasteiger charge is -2.28. The van der Waals surface area contributed by atoms with E-state index >= 15 is 0 Å². The maximum Gasteiger partial charge on any atom is 0.254 e. The smallest absolute Gasteiger partial charge is 0.254 e. The fourth-order valence-corrected chi connectivity index (χ4v) is 1.47. The molecule has 0 heterocycles. The van der Waals surface area contributed by atoms with E-state index in [1.807, 2.05) is 0 Å². The molecule has 0 saturated carbocycles. The molecule has 0 saturated heterocycles. The Balaban J connectivity index is 2.97. The number of rotatable bonds is 5. The predicted octanol–water partition coefficient (Wildman–Crippen LogP) is -0.632. The van der Waals surface area contributed by atoms with Gasteiger partial charge in [0.15, 0.2) is 0 Å². The quantitative estimate of drug-likeness (QED) is 0.459. The van der Waals surface area contributed by atoms with E-state index < -0.39 is 31.3 Å². The number of hydrogen-bond acceptors (Lipinski definition) is 5. The maximum absolute atomic E-state index is 11.9. The summed E-state index contributed by atoms with van der Waals surface area (Å²) in [5.74, 6) is -0.632. The van der Waals surface area contributed by atoms with Gasteiger partial charge < -0.3 is 26.4 Å². The Morgan fingerprint density at radius 2 is 1.83 bits per heavy atom. The van der Waals surface area contributed by atoms with Crippen LogP contribution in [-0.2, 0) is 0 Å². The van der Waals surface area contributed by atoms with Crippen molar-refractivity contribution in [2.75, 3.05) is 25.6 Å². The summed E-state index contributed by atoms with van der Waals surface area (Å²) in [6.07, 6.45) is 0. The molecule has 0 aliphatic rings. The van der Waals surface area contributed by atoms with Crippen LogP contribution in [-0.4, -0.2) is 46.6 Å². The van der Waals surface area contributed by atoms with Gasteiger partial charge in [-0.3, -0.25) is 4.79 Å². The van der Waals surface area contributed by atoms with E-state index in [-0.39, 0.29) is 11.3 Å². The summed E-state index contributed by atoms with van der Waals surface area (Å²) in [7, 11) is 0. The molecule has 0 unspecified atom stereocenters. The van der Waals surface area contributed by atoms with Gasteiger partial charge in [0.2, 0.25) is 0 Å². The van der Waals surface area contributed by atoms with Crippen LogP contribution in [0.3, 0.4) is 0 Å². The van der Waals surface area contributed by atoms with Crippen molar-refractivity contribution in [3.05, 3.63) is 28.8 Å². The second kappa shape index (κ2) is 6.01. The molecule has 0 aliphatic carbocycles. The minimum Gasteiger partial charge on any atom is -0.398 e. The summed E-state index contributed by atoms with van der Waals surface area (Å²) in [5.41, 5.74) is 4.45. The maximum atomic E-state index is 11.9. The van der Waals surface area contributed by atoms with Gasteiger partial charge in [-0.1, -0.05) is 11.6 Å². The number of nitrogens with two attached hydrogens (primary N) is 1. The first-order chi connectivity index (χ1) is 8.48. The van der Waals surface area contributed by atoms with Crippen LogP contribution in [0.2, 0.25) is 5.02 Å². The Kier molecular flexibility index (Phi) is 4.92. The molecule has 7 heteroatoms. The summed E-state index contributed by atoms with van der Waals surface area (Å²) in [4.78, 5) is 11.9. The fourth-order valence-electron chi connectivity index (χ4n) is 1.30. The Bertz CT molecular complexity index is 427. The predicted molar refractivity (Wildman–Crippen MR) is 67.3 cm³/mol. The molecular formula is C11H15ClN2O4. The average molecular weight is 275 g/mol. The summed E-state index contributed by atoms with van der Waals surface area (Å²) >= 11 is 5.75. The van der Waals surface area contributed by atoms with Crippen molar-refractivity contribution in [2.45, 2.75) is 5.54 Å². The van der Waals surface area contributed by atoms with Crippen LogP contribution in [0.25, 0.3) is 0 Å². The minimum atomic E-state index is -1.49. The van der Waals surface area contributed by atoms with Crippen LogP contribution in [0.5, 0.6) is 0 Å². The molecule has 0 atom stereocenters. The summed E-state index contributed by atoms with van der Waals surface area (Å²) < 4.78 is 0. The van der Waals surface area contributed by atoms with E-state index in [1.165, 1.54) is 18.2 Å². The highest BCUT2D eigenvalue weighted by Gasteiger charge is 2.30. The van der Waals surface area contributed by atoms with E-state index in [0.29, 0.717) is 5.02 Å². The van der Waals surface area contributed by atoms with Gasteiger partial charge in [0.25, 0.3) is 5.91 Å². The lowest BCUT2D eigenvalue weighted by Crippen LogP contribution is -2.57. The average Bonchev–Trinajstić information content (AvgIpc) is 2.38. The van der Waals surface area contributed by atoms with Crippen molar-refractivity contribution in [2.24, 2.45) is 0 Å². The van der Waals surface area contributed by atoms with Gasteiger partial charge in [0.05, 0.1) is 25.4 Å². The van der Waals surface area contributed by atoms with Crippen molar-refractivity contribution >= 4 is 23.2 Å². The van der Waals surface area contributed by atoms with Crippen LogP contribution >= 0.6 is 11.6 Å². The fraction of sp³-hybridized carbons (Fsp3) is 0.364. The van der Waals surface area contributed by atoms with Gasteiger partial charge in [0, 0.05) is 10.7 Å². The summed E-state index contributed by atoms with van der Waals surface area (Å²) in [5, 5.41) is 30.0. The molecule has 0 radical (unpaired) electrons. The van der Waals surface area contributed by atoms with Gasteiger partial charge >= 0.3 is 0 Å². The Labute approximate surface area is 109 Å². The molecule has 1 aromatic carbocycles. The number of anilines is 1. The first-order valence-electron chi connectivity index (χ1n) is 5.18. The molecule has 100 valence electrons. The first kappa shape index (κ1) is 14.7. The van der Waals surface area contributed by atoms with E-state index in [0.717, 1.165) is 0 Å². The zero-order valence-corrected chi connectivity index (χ0v) is 10.3. The van der Waals surface area contributed by atoms with Crippen LogP contribution in [0.15, 0.2) is 18.2 Å². The third-order valence-corrected chi connectivity index (χ3v) is 2.78. The van der Waals surface area contributed by atoms with Gasteiger partial charge in [-0.05, 0) is 18.2 Å². The molecule has 1 amide bonds. The molecule has 1 aromatic rings. The van der Waals surface area contributed by atoms with Gasteiger partial charge in [0.1, 0.15) is 5.54 Å². The molecule has 1 rings (SSSR count). The van der Waals surface area contributed by atoms with E-state index in [2.05, 4.69) is 5.32 Å². The molecule has 0 spiro atoms. The normalized spacial score (nSPS) is 11.3. The number of nitrogens with one attached hydrogen (secondary N) is 1. The second-order valence-electron chi connectivity index (χ2n) is 3.94. The van der Waals surface area contributed by atoms with Crippen molar-refractivity contribution in [1.29, 1.82) is 0 Å². The number of benzene rings is 1. The molecule has 6 N–H and O–H groups in total. The number of hydrogen-bond donors (Lipinski definition) is 5. The standard InChI is InChI=1S/C11H15ClN2O4/c12-7-1-2-9(13)8(3-7)10(18)14-11(4-15,5-16)6-17/h1-3,15-17H,4-6,13H2,(H,14,18). The number of carbonyl (C=O) groups excluding carboxylic acids is 1. The van der Waals surface area contributed by atoms with E-state index in [1.54, 1.807) is 0 Å². The highest BCUT2D eigenvalue weighted by molar-refractivity contribution is 6.31. The van der Waals surface area contributed by atoms with Crippen LogP contribution in [0.1, 0.15) is 10.4 Å². The molecule has 0 aromatic heterocycles. The number of aliphatic hydroxyl groups excluding tert-OH is 3. The first-order valence-corrected chi connectivity index (χ1v) is 5.56. The SMILES string of the molecule is Nc1ccc(Cl)cc1C(=O)NC(CO)(CO)CO. The van der Waals surface area contributed by atoms with Crippen molar-refractivity contribution in [3.8, 4) is 0 Å². The number of aliphatic hydroxyl groups is 3. The lowest BCUT2D eigenvalue weighted by atomic mass is 10.0. The Hall–Kier alpha value is -1.34. The van der Waals surface area contributed by atoms with Crippen molar-refractivity contribution < 1.29 is 20.1 Å². The largest absolute Gasteiger partial charge is 0.398 e. The molecule has 18 heavy (non-hydrogen) atoms. The van der Waals surface area contributed by atoms with Gasteiger partial charge in [-0.25, -0.2) is 0 Å². The highest BCUT2D eigenvalue weighted by Crippen LogP contribution is 2.18. The van der Waals surface area contributed by atoms with Crippen LogP contribution in [0.4, 0.5) is 5.69 Å². The Morgan fingerprint density at radius 1 is 1.28 bits per heavy atom. The number of amides is 1. The topological polar surface area (TPSA) is 116 Å². The molecule has 0 bridgehead atoms. The number of carbonyl (C=O) groups is 1. The van der Waals surface area contributed by atoms with Crippen molar-refractivity contribution in [1.82, 2.24) is 5.32 Å². The minimum absolute atomic E-state index is 0.113. The van der Waals surface area contributed by atoms with E-state index in [9.17, 15) is 4.79 Å². The van der Waals surface area contributed by atoms with E-state index in [4.69, 9.17) is 32.7 Å². The van der Waals surface area contributed by atoms with Gasteiger partial charge in [-0.2, -0.15) is 0 Å². The zero-order chi connectivity index (χ0) is 13.8. The molecule has 0 aliphatic heterocycles. The monoisotopic (exact) mass is 274 g/mol. The van der Waals surface area contributed by atoms with Crippen LogP contribution in [0, 0.1) is 0 Å². The highest BCUT2D eigenvalue weighted by atomic mass is 35.5. The second-order valence-corrected chi connectivity index (χ2v) is 4.38. The summed E-state index contributed by atoms with van der Waals surface area (Å²) in [6, 6.07) is 4.36. The van der Waals surface area contributed by atoms with Crippen LogP contribution < -0.4 is 11.1 Å². The number of nitrogen functional groups attached to an aromatic ring is 1. The third kappa shape index (κ3) is 3.11. The molecule has 6 nitrogen and oxygen atoms in total. The van der Waals surface area contributed by atoms with Gasteiger partial charge in [-0.15, -0.1) is 0 Å². The van der Waals surface area contributed by atoms with Crippen molar-refractivity contribution in [3.63, 3.8) is 0 Å². The third-order valence-electron chi connectivity index (χ3n) is 2.55. The molecule has 0 fully saturated rings. The molecular weight excluding hydrogens is 260 g/mol. The summed E-state index contributed by atoms with van der Waals surface area (Å²) in [6.45, 7) is -1.81. The zero-order valence-electron chi connectivity index (χ0n) is 9.56.